The average molecular weight is 505 g/mol. The first-order chi connectivity index (χ1) is 16.8. The predicted octanol–water partition coefficient (Wildman–Crippen LogP) is 4.07. The number of rotatable bonds is 7. The summed E-state index contributed by atoms with van der Waals surface area (Å²) in [6, 6.07) is 4.08. The number of carboxylic acid groups (broad SMARTS) is 2. The number of aliphatic carboxylic acids is 2. The summed E-state index contributed by atoms with van der Waals surface area (Å²) in [5, 5.41) is 19.4. The van der Waals surface area contributed by atoms with Crippen molar-refractivity contribution in [2.24, 2.45) is 0 Å². The highest BCUT2D eigenvalue weighted by Crippen LogP contribution is 2.32. The topological polar surface area (TPSA) is 116 Å². The number of carboxylic acids is 2. The predicted molar refractivity (Wildman–Crippen MR) is 133 cm³/mol. The zero-order valence-electron chi connectivity index (χ0n) is 19.8. The Kier molecular flexibility index (Phi) is 10.2. The molecule has 1 amide bonds. The Morgan fingerprint density at radius 2 is 1.86 bits per heavy atom. The van der Waals surface area contributed by atoms with Crippen LogP contribution in [0.5, 0.6) is 5.75 Å². The third kappa shape index (κ3) is 8.40. The molecule has 0 radical (unpaired) electrons. The molecule has 190 valence electrons. The number of nitrogens with one attached hydrogen (secondary N) is 1. The van der Waals surface area contributed by atoms with Gasteiger partial charge in [0.05, 0.1) is 12.2 Å². The minimum absolute atomic E-state index is 0.0700. The van der Waals surface area contributed by atoms with Crippen LogP contribution in [0.2, 0.25) is 5.02 Å². The zero-order valence-corrected chi connectivity index (χ0v) is 20.6. The van der Waals surface area contributed by atoms with Gasteiger partial charge in [-0.05, 0) is 75.6 Å². The van der Waals surface area contributed by atoms with E-state index in [-0.39, 0.29) is 5.91 Å². The van der Waals surface area contributed by atoms with Crippen LogP contribution in [0, 0.1) is 0 Å². The number of amides is 1. The monoisotopic (exact) mass is 504 g/mol. The van der Waals surface area contributed by atoms with Gasteiger partial charge in [-0.3, -0.25) is 9.69 Å². The highest BCUT2D eigenvalue weighted by atomic mass is 35.5. The Bertz CT molecular complexity index is 974. The molecule has 0 aromatic heterocycles. The second-order valence-corrected chi connectivity index (χ2v) is 9.42. The molecule has 0 spiro atoms. The molecule has 1 atom stereocenters. The van der Waals surface area contributed by atoms with Crippen molar-refractivity contribution in [2.75, 3.05) is 26.2 Å². The maximum absolute atomic E-state index is 12.8. The molecule has 3 aliphatic rings. The lowest BCUT2D eigenvalue weighted by Gasteiger charge is -2.27. The molecule has 1 saturated heterocycles. The molecule has 1 fully saturated rings. The average Bonchev–Trinajstić information content (AvgIpc) is 3.28. The fourth-order valence-corrected chi connectivity index (χ4v) is 4.94. The van der Waals surface area contributed by atoms with Crippen molar-refractivity contribution < 1.29 is 29.3 Å². The second kappa shape index (κ2) is 13.3. The Morgan fingerprint density at radius 1 is 1.09 bits per heavy atom. The van der Waals surface area contributed by atoms with Crippen molar-refractivity contribution >= 4 is 29.4 Å². The molecule has 1 aliphatic carbocycles. The number of likely N-dealkylation sites (tertiary alicyclic amines) is 1. The number of fused-ring (bicyclic) bond motifs is 1. The molecule has 1 aromatic rings. The largest absolute Gasteiger partial charge is 0.492 e. The second-order valence-electron chi connectivity index (χ2n) is 8.99. The maximum atomic E-state index is 12.8. The number of allylic oxidation sites excluding steroid dienone is 1. The number of benzene rings is 1. The van der Waals surface area contributed by atoms with Gasteiger partial charge in [0.2, 0.25) is 0 Å². The van der Waals surface area contributed by atoms with Gasteiger partial charge in [-0.2, -0.15) is 0 Å². The standard InChI is InChI=1S/C22H29ClN2O2.C4H4O4/c23-18-12-17-8-5-11-27-21(17)20(13-18)22(26)24-14-19-9-4-10-25(19)15-16-6-2-1-3-7-16;5-3(6)1-2-4(7)8/h6,12-13,19H,1-5,7-11,14-15H2,(H,24,26);1-2H,(H,5,6)(H,7,8). The summed E-state index contributed by atoms with van der Waals surface area (Å²) in [7, 11) is 0. The number of halogens is 1. The maximum Gasteiger partial charge on any atom is 0.328 e. The normalized spacial score (nSPS) is 19.7. The first-order valence-electron chi connectivity index (χ1n) is 12.1. The lowest BCUT2D eigenvalue weighted by molar-refractivity contribution is -0.134. The molecule has 3 N–H and O–H groups in total. The minimum atomic E-state index is -1.26. The third-order valence-electron chi connectivity index (χ3n) is 6.37. The van der Waals surface area contributed by atoms with Gasteiger partial charge in [-0.15, -0.1) is 0 Å². The molecule has 0 bridgehead atoms. The van der Waals surface area contributed by atoms with Gasteiger partial charge < -0.3 is 20.3 Å². The van der Waals surface area contributed by atoms with Gasteiger partial charge in [0, 0.05) is 36.3 Å². The summed E-state index contributed by atoms with van der Waals surface area (Å²) in [5.74, 6) is -1.86. The number of hydrogen-bond donors (Lipinski definition) is 3. The van der Waals surface area contributed by atoms with Crippen molar-refractivity contribution in [1.29, 1.82) is 0 Å². The summed E-state index contributed by atoms with van der Waals surface area (Å²) in [6.45, 7) is 3.55. The van der Waals surface area contributed by atoms with Gasteiger partial charge >= 0.3 is 11.9 Å². The van der Waals surface area contributed by atoms with E-state index >= 15 is 0 Å². The number of carbonyl (C=O) groups excluding carboxylic acids is 1. The van der Waals surface area contributed by atoms with Crippen LogP contribution in [0.4, 0.5) is 0 Å². The van der Waals surface area contributed by atoms with E-state index in [1.54, 1.807) is 11.6 Å². The van der Waals surface area contributed by atoms with Crippen LogP contribution in [0.1, 0.15) is 60.9 Å². The highest BCUT2D eigenvalue weighted by molar-refractivity contribution is 6.31. The van der Waals surface area contributed by atoms with Crippen LogP contribution in [0.15, 0.2) is 35.9 Å². The van der Waals surface area contributed by atoms with Crippen molar-refractivity contribution in [1.82, 2.24) is 10.2 Å². The molecule has 1 aromatic carbocycles. The molecule has 2 heterocycles. The number of nitrogens with zero attached hydrogens (tertiary/aromatic N) is 1. The summed E-state index contributed by atoms with van der Waals surface area (Å²) in [5.41, 5.74) is 3.21. The summed E-state index contributed by atoms with van der Waals surface area (Å²) < 4.78 is 5.79. The Labute approximate surface area is 210 Å². The number of carbonyl (C=O) groups is 3. The fourth-order valence-electron chi connectivity index (χ4n) is 4.70. The van der Waals surface area contributed by atoms with Crippen LogP contribution in [-0.4, -0.2) is 65.2 Å². The van der Waals surface area contributed by atoms with Crippen LogP contribution < -0.4 is 10.1 Å². The smallest absolute Gasteiger partial charge is 0.328 e. The molecular weight excluding hydrogens is 472 g/mol. The zero-order chi connectivity index (χ0) is 25.2. The summed E-state index contributed by atoms with van der Waals surface area (Å²) in [4.78, 5) is 34.5. The highest BCUT2D eigenvalue weighted by Gasteiger charge is 2.27. The third-order valence-corrected chi connectivity index (χ3v) is 6.59. The SMILES string of the molecule is O=C(NCC1CCCN1CC1=CCCCC1)c1cc(Cl)cc2c1OCCC2.O=C(O)C=CC(=O)O. The van der Waals surface area contributed by atoms with Crippen molar-refractivity contribution in [3.05, 3.63) is 52.1 Å². The van der Waals surface area contributed by atoms with E-state index in [9.17, 15) is 14.4 Å². The molecule has 0 saturated carbocycles. The Hall–Kier alpha value is -2.84. The number of aryl methyl sites for hydroxylation is 1. The fraction of sp³-hybridized carbons (Fsp3) is 0.500. The molecule has 4 rings (SSSR count). The summed E-state index contributed by atoms with van der Waals surface area (Å²) >= 11 is 6.23. The van der Waals surface area contributed by atoms with Crippen LogP contribution in [-0.2, 0) is 16.0 Å². The van der Waals surface area contributed by atoms with Gasteiger partial charge in [0.15, 0.2) is 0 Å². The van der Waals surface area contributed by atoms with E-state index in [0.717, 1.165) is 43.7 Å². The lowest BCUT2D eigenvalue weighted by Crippen LogP contribution is -2.41. The molecule has 2 aliphatic heterocycles. The number of hydrogen-bond acceptors (Lipinski definition) is 5. The van der Waals surface area contributed by atoms with Crippen LogP contribution in [0.25, 0.3) is 0 Å². The van der Waals surface area contributed by atoms with Crippen molar-refractivity contribution in [3.63, 3.8) is 0 Å². The van der Waals surface area contributed by atoms with E-state index in [4.69, 9.17) is 26.6 Å². The lowest BCUT2D eigenvalue weighted by atomic mass is 9.99. The quantitative estimate of drug-likeness (QED) is 0.378. The molecule has 8 nitrogen and oxygen atoms in total. The molecule has 1 unspecified atom stereocenters. The van der Waals surface area contributed by atoms with Gasteiger partial charge in [-0.1, -0.05) is 23.3 Å². The van der Waals surface area contributed by atoms with Gasteiger partial charge in [-0.25, -0.2) is 9.59 Å². The van der Waals surface area contributed by atoms with Crippen LogP contribution >= 0.6 is 11.6 Å². The van der Waals surface area contributed by atoms with Gasteiger partial charge in [0.25, 0.3) is 5.91 Å². The van der Waals surface area contributed by atoms with E-state index < -0.39 is 11.9 Å². The number of ether oxygens (including phenoxy) is 1. The van der Waals surface area contributed by atoms with E-state index in [2.05, 4.69) is 16.3 Å². The first kappa shape index (κ1) is 26.8. The van der Waals surface area contributed by atoms with Crippen molar-refractivity contribution in [3.8, 4) is 5.75 Å². The molecule has 9 heteroatoms. The summed E-state index contributed by atoms with van der Waals surface area (Å²) in [6.07, 6.45) is 12.9. The molecular formula is C26H33ClN2O6. The van der Waals surface area contributed by atoms with Crippen molar-refractivity contribution in [2.45, 2.75) is 57.4 Å². The van der Waals surface area contributed by atoms with E-state index in [1.165, 1.54) is 32.1 Å². The van der Waals surface area contributed by atoms with E-state index in [0.29, 0.717) is 41.9 Å². The minimum Gasteiger partial charge on any atom is -0.492 e. The van der Waals surface area contributed by atoms with Crippen LogP contribution in [0.3, 0.4) is 0 Å². The van der Waals surface area contributed by atoms with E-state index in [1.807, 2.05) is 6.07 Å². The molecule has 35 heavy (non-hydrogen) atoms. The Morgan fingerprint density at radius 3 is 2.54 bits per heavy atom. The Balaban J connectivity index is 0.000000371. The van der Waals surface area contributed by atoms with Gasteiger partial charge in [0.1, 0.15) is 5.75 Å². The first-order valence-corrected chi connectivity index (χ1v) is 12.5.